The molecule has 2 N–H and O–H groups in total. The maximum absolute atomic E-state index is 13.0. The number of nitrogens with one attached hydrogen (secondary N) is 2. The van der Waals surface area contributed by atoms with Gasteiger partial charge < -0.3 is 15.5 Å². The molecule has 0 aromatic heterocycles. The third-order valence-corrected chi connectivity index (χ3v) is 7.82. The van der Waals surface area contributed by atoms with Crippen LogP contribution >= 0.6 is 58.0 Å². The lowest BCUT2D eigenvalue weighted by Crippen LogP contribution is -2.38. The summed E-state index contributed by atoms with van der Waals surface area (Å²) in [6, 6.07) is 14.1. The number of halogens is 8. The quantitative estimate of drug-likeness (QED) is 0.265. The molecule has 3 amide bonds. The van der Waals surface area contributed by atoms with Crippen LogP contribution in [-0.2, 0) is 9.59 Å². The molecule has 3 aromatic carbocycles. The molecule has 0 spiro atoms. The second-order valence-electron chi connectivity index (χ2n) is 8.88. The second-order valence-corrected chi connectivity index (χ2v) is 11.6. The van der Waals surface area contributed by atoms with Gasteiger partial charge in [-0.3, -0.25) is 14.4 Å². The van der Waals surface area contributed by atoms with Gasteiger partial charge >= 0.3 is 12.1 Å². The van der Waals surface area contributed by atoms with E-state index in [1.165, 1.54) is 48.5 Å². The zero-order valence-corrected chi connectivity index (χ0v) is 23.9. The third-order valence-electron chi connectivity index (χ3n) is 6.12. The van der Waals surface area contributed by atoms with Crippen LogP contribution in [0.2, 0.25) is 15.1 Å². The monoisotopic (exact) mass is 651 g/mol. The number of anilines is 3. The van der Waals surface area contributed by atoms with E-state index >= 15 is 0 Å². The fourth-order valence-corrected chi connectivity index (χ4v) is 5.67. The number of hydrogen-bond donors (Lipinski definition) is 2. The van der Waals surface area contributed by atoms with Crippen molar-refractivity contribution in [3.8, 4) is 0 Å². The van der Waals surface area contributed by atoms with Gasteiger partial charge in [-0.15, -0.1) is 23.2 Å². The summed E-state index contributed by atoms with van der Waals surface area (Å²) < 4.78 is 36.6. The van der Waals surface area contributed by atoms with Crippen LogP contribution in [0.15, 0.2) is 60.7 Å². The first-order valence-electron chi connectivity index (χ1n) is 11.3. The predicted molar refractivity (Wildman–Crippen MR) is 151 cm³/mol. The van der Waals surface area contributed by atoms with Gasteiger partial charge in [0.05, 0.1) is 16.5 Å². The van der Waals surface area contributed by atoms with Crippen molar-refractivity contribution in [2.45, 2.75) is 16.4 Å². The Morgan fingerprint density at radius 2 is 1.43 bits per heavy atom. The Morgan fingerprint density at radius 3 is 2.00 bits per heavy atom. The maximum atomic E-state index is 13.0. The molecule has 4 rings (SSSR count). The molecule has 1 aliphatic rings. The van der Waals surface area contributed by atoms with Crippen LogP contribution in [0.25, 0.3) is 0 Å². The van der Waals surface area contributed by atoms with Crippen molar-refractivity contribution in [2.24, 2.45) is 5.92 Å². The molecule has 1 fully saturated rings. The molecule has 210 valence electrons. The van der Waals surface area contributed by atoms with Crippen LogP contribution in [0.1, 0.15) is 21.8 Å². The topological polar surface area (TPSA) is 78.5 Å². The van der Waals surface area contributed by atoms with Gasteiger partial charge in [-0.25, -0.2) is 0 Å². The Hall–Kier alpha value is -2.69. The highest BCUT2D eigenvalue weighted by atomic mass is 35.5. The van der Waals surface area contributed by atoms with E-state index in [-0.39, 0.29) is 27.6 Å². The number of rotatable bonds is 6. The van der Waals surface area contributed by atoms with Crippen LogP contribution in [0.3, 0.4) is 0 Å². The number of carbonyl (C=O) groups excluding carboxylic acids is 3. The van der Waals surface area contributed by atoms with E-state index in [9.17, 15) is 27.6 Å². The maximum Gasteiger partial charge on any atom is 0.471 e. The fraction of sp³-hybridized carbons (Fsp3) is 0.192. The first-order valence-corrected chi connectivity index (χ1v) is 13.2. The smallest absolute Gasteiger partial charge is 0.326 e. The third kappa shape index (κ3) is 6.44. The number of alkyl halides is 5. The molecule has 14 heteroatoms. The summed E-state index contributed by atoms with van der Waals surface area (Å²) >= 11 is 31.1. The van der Waals surface area contributed by atoms with Crippen molar-refractivity contribution < 1.29 is 27.6 Å². The number of carbonyl (C=O) groups is 3. The minimum absolute atomic E-state index is 0.00453. The molecule has 0 unspecified atom stereocenters. The van der Waals surface area contributed by atoms with E-state index in [4.69, 9.17) is 58.0 Å². The Kier molecular flexibility index (Phi) is 8.55. The summed E-state index contributed by atoms with van der Waals surface area (Å²) in [6.07, 6.45) is -5.03. The SMILES string of the molecule is CN(C(=O)C(F)(F)F)c1ccc(NC(=O)c2cc(NC(=O)[C@@H]3[C@@H](c4cc(Cl)cc(Cl)c4)C3(Cl)Cl)ccc2Cl)cc1. The summed E-state index contributed by atoms with van der Waals surface area (Å²) in [5.41, 5.74) is 1.03. The highest BCUT2D eigenvalue weighted by Gasteiger charge is 2.67. The number of hydrogen-bond acceptors (Lipinski definition) is 3. The van der Waals surface area contributed by atoms with Crippen LogP contribution in [0.4, 0.5) is 30.2 Å². The van der Waals surface area contributed by atoms with E-state index in [1.54, 1.807) is 12.1 Å². The first kappa shape index (κ1) is 30.3. The summed E-state index contributed by atoms with van der Waals surface area (Å²) in [7, 11) is 0.982. The van der Waals surface area contributed by atoms with Gasteiger partial charge in [0.1, 0.15) is 4.33 Å². The number of nitrogens with zero attached hydrogens (tertiary/aromatic N) is 1. The normalized spacial score (nSPS) is 17.6. The van der Waals surface area contributed by atoms with Crippen molar-refractivity contribution in [3.05, 3.63) is 86.9 Å². The summed E-state index contributed by atoms with van der Waals surface area (Å²) in [5.74, 6) is -4.61. The van der Waals surface area contributed by atoms with Gasteiger partial charge in [0, 0.05) is 40.1 Å². The van der Waals surface area contributed by atoms with E-state index in [1.807, 2.05) is 0 Å². The van der Waals surface area contributed by atoms with Crippen molar-refractivity contribution >= 4 is 92.8 Å². The molecule has 3 aromatic rings. The van der Waals surface area contributed by atoms with Crippen LogP contribution in [-0.4, -0.2) is 35.3 Å². The van der Waals surface area contributed by atoms with Crippen molar-refractivity contribution in [3.63, 3.8) is 0 Å². The molecule has 6 nitrogen and oxygen atoms in total. The molecule has 1 saturated carbocycles. The van der Waals surface area contributed by atoms with Gasteiger partial charge in [-0.2, -0.15) is 13.2 Å². The molecule has 1 aliphatic carbocycles. The van der Waals surface area contributed by atoms with E-state index in [0.29, 0.717) is 20.5 Å². The largest absolute Gasteiger partial charge is 0.471 e. The lowest BCUT2D eigenvalue weighted by molar-refractivity contribution is -0.170. The van der Waals surface area contributed by atoms with Crippen LogP contribution in [0.5, 0.6) is 0 Å². The second kappa shape index (κ2) is 11.3. The first-order chi connectivity index (χ1) is 18.6. The van der Waals surface area contributed by atoms with Gasteiger partial charge in [0.2, 0.25) is 5.91 Å². The Labute approximate surface area is 251 Å². The summed E-state index contributed by atoms with van der Waals surface area (Å²) in [4.78, 5) is 37.8. The average Bonchev–Trinajstić information content (AvgIpc) is 3.45. The molecule has 0 aliphatic heterocycles. The molecule has 0 saturated heterocycles. The summed E-state index contributed by atoms with van der Waals surface area (Å²) in [6.45, 7) is 0. The molecular weight excluding hydrogens is 637 g/mol. The lowest BCUT2D eigenvalue weighted by Gasteiger charge is -2.19. The van der Waals surface area contributed by atoms with Crippen molar-refractivity contribution in [2.75, 3.05) is 22.6 Å². The van der Waals surface area contributed by atoms with Gasteiger partial charge in [0.25, 0.3) is 5.91 Å². The molecule has 0 bridgehead atoms. The van der Waals surface area contributed by atoms with E-state index < -0.39 is 40.1 Å². The van der Waals surface area contributed by atoms with Crippen LogP contribution < -0.4 is 15.5 Å². The zero-order valence-electron chi connectivity index (χ0n) is 20.1. The van der Waals surface area contributed by atoms with Crippen LogP contribution in [0, 0.1) is 5.92 Å². The standard InChI is InChI=1S/C26H17Cl5F3N3O3/c1-37(24(40)26(32,33)34)17-5-2-15(3-6-17)35-22(38)18-11-16(4-7-19(18)29)36-23(39)21-20(25(21,30)31)12-8-13(27)10-14(28)9-12/h2-11,20-21H,1H3,(H,35,38)(H,36,39)/t20-,21+/m1/s1. The minimum Gasteiger partial charge on any atom is -0.326 e. The van der Waals surface area contributed by atoms with E-state index in [0.717, 1.165) is 7.05 Å². The average molecular weight is 654 g/mol. The number of benzene rings is 3. The molecular formula is C26H17Cl5F3N3O3. The van der Waals surface area contributed by atoms with Gasteiger partial charge in [-0.05, 0) is 66.2 Å². The highest BCUT2D eigenvalue weighted by molar-refractivity contribution is 6.53. The van der Waals surface area contributed by atoms with Gasteiger partial charge in [-0.1, -0.05) is 34.8 Å². The van der Waals surface area contributed by atoms with Gasteiger partial charge in [0.15, 0.2) is 0 Å². The summed E-state index contributed by atoms with van der Waals surface area (Å²) in [5, 5.41) is 6.04. The van der Waals surface area contributed by atoms with Crippen molar-refractivity contribution in [1.82, 2.24) is 0 Å². The molecule has 40 heavy (non-hydrogen) atoms. The Balaban J connectivity index is 1.45. The van der Waals surface area contributed by atoms with E-state index in [2.05, 4.69) is 10.6 Å². The fourth-order valence-electron chi connectivity index (χ4n) is 4.09. The molecule has 2 atom stereocenters. The Bertz CT molecular complexity index is 1480. The number of amides is 3. The zero-order chi connectivity index (χ0) is 29.6. The molecule has 0 heterocycles. The Morgan fingerprint density at radius 1 is 0.850 bits per heavy atom. The lowest BCUT2D eigenvalue weighted by atomic mass is 10.1. The predicted octanol–water partition coefficient (Wildman–Crippen LogP) is 7.95. The highest BCUT2D eigenvalue weighted by Crippen LogP contribution is 2.65. The minimum atomic E-state index is -5.03. The van der Waals surface area contributed by atoms with Crippen molar-refractivity contribution in [1.29, 1.82) is 0 Å². The molecule has 0 radical (unpaired) electrons.